The molecule has 1 aromatic carbocycles. The first-order chi connectivity index (χ1) is 11.7. The molecule has 0 aliphatic rings. The van der Waals surface area contributed by atoms with E-state index < -0.39 is 50.1 Å². The molecule has 25 heavy (non-hydrogen) atoms. The van der Waals surface area contributed by atoms with Crippen LogP contribution in [0, 0.1) is 29.1 Å². The molecule has 0 aromatic heterocycles. The molecule has 1 atom stereocenters. The van der Waals surface area contributed by atoms with E-state index in [0.29, 0.717) is 12.8 Å². The molecule has 1 rings (SSSR count). The van der Waals surface area contributed by atoms with Gasteiger partial charge in [-0.15, -0.1) is 0 Å². The normalized spacial score (nSPS) is 12.5. The zero-order valence-corrected chi connectivity index (χ0v) is 15.0. The summed E-state index contributed by atoms with van der Waals surface area (Å²) in [6.45, 7) is 1.70. The molecule has 0 aliphatic carbocycles. The molecular formula is C14H18F5NO4Si. The molecule has 11 heteroatoms. The van der Waals surface area contributed by atoms with Gasteiger partial charge in [-0.05, 0) is 19.8 Å². The van der Waals surface area contributed by atoms with E-state index in [-0.39, 0.29) is 12.6 Å². The lowest BCUT2D eigenvalue weighted by Gasteiger charge is -2.18. The summed E-state index contributed by atoms with van der Waals surface area (Å²) in [5.41, 5.74) is -1.51. The molecule has 0 heterocycles. The summed E-state index contributed by atoms with van der Waals surface area (Å²) in [5.74, 6) is -12.4. The Morgan fingerprint density at radius 1 is 1.00 bits per heavy atom. The molecule has 1 unspecified atom stereocenters. The summed E-state index contributed by atoms with van der Waals surface area (Å²) in [6.07, 6.45) is 0.535. The summed E-state index contributed by atoms with van der Waals surface area (Å²) in [6, 6.07) is 0. The number of amides is 1. The van der Waals surface area contributed by atoms with Gasteiger partial charge in [-0.2, -0.15) is 0 Å². The predicted molar refractivity (Wildman–Crippen MR) is 79.5 cm³/mol. The zero-order valence-electron chi connectivity index (χ0n) is 13.8. The lowest BCUT2D eigenvalue weighted by Crippen LogP contribution is -2.30. The van der Waals surface area contributed by atoms with E-state index in [4.69, 9.17) is 13.3 Å². The minimum absolute atomic E-state index is 0.0434. The zero-order chi connectivity index (χ0) is 19.1. The van der Waals surface area contributed by atoms with Crippen molar-refractivity contribution in [1.82, 2.24) is 5.32 Å². The van der Waals surface area contributed by atoms with Gasteiger partial charge < -0.3 is 18.6 Å². The molecule has 0 bridgehead atoms. The number of carbonyl (C=O) groups excluding carboxylic acids is 1. The third-order valence-electron chi connectivity index (χ3n) is 3.24. The van der Waals surface area contributed by atoms with Crippen LogP contribution in [-0.2, 0) is 13.3 Å². The SMILES string of the molecule is CO[SiH](OC)OC(C)CCCNC(=O)c1c(F)c(F)c(F)c(F)c1F. The quantitative estimate of drug-likeness (QED) is 0.232. The second kappa shape index (κ2) is 9.80. The van der Waals surface area contributed by atoms with Gasteiger partial charge in [-0.3, -0.25) is 4.79 Å². The summed E-state index contributed by atoms with van der Waals surface area (Å²) < 4.78 is 81.4. The van der Waals surface area contributed by atoms with Gasteiger partial charge >= 0.3 is 9.53 Å². The van der Waals surface area contributed by atoms with E-state index in [9.17, 15) is 26.7 Å². The molecule has 0 fully saturated rings. The van der Waals surface area contributed by atoms with Crippen molar-refractivity contribution >= 4 is 15.4 Å². The number of rotatable bonds is 9. The molecule has 0 saturated carbocycles. The van der Waals surface area contributed by atoms with Gasteiger partial charge in [0.1, 0.15) is 5.56 Å². The van der Waals surface area contributed by atoms with Crippen molar-refractivity contribution in [1.29, 1.82) is 0 Å². The summed E-state index contributed by atoms with van der Waals surface area (Å²) in [4.78, 5) is 11.7. The van der Waals surface area contributed by atoms with Crippen molar-refractivity contribution in [2.45, 2.75) is 25.9 Å². The Labute approximate surface area is 143 Å². The highest BCUT2D eigenvalue weighted by Crippen LogP contribution is 2.22. The van der Waals surface area contributed by atoms with Gasteiger partial charge in [0, 0.05) is 26.9 Å². The van der Waals surface area contributed by atoms with E-state index in [1.165, 1.54) is 14.2 Å². The maximum absolute atomic E-state index is 13.5. The number of benzene rings is 1. The molecule has 142 valence electrons. The summed E-state index contributed by atoms with van der Waals surface area (Å²) >= 11 is 0. The van der Waals surface area contributed by atoms with Crippen LogP contribution in [0.4, 0.5) is 22.0 Å². The average Bonchev–Trinajstić information content (AvgIpc) is 2.60. The molecule has 0 radical (unpaired) electrons. The largest absolute Gasteiger partial charge is 0.483 e. The highest BCUT2D eigenvalue weighted by molar-refractivity contribution is 6.36. The number of hydrogen-bond acceptors (Lipinski definition) is 4. The number of nitrogens with one attached hydrogen (secondary N) is 1. The maximum atomic E-state index is 13.5. The monoisotopic (exact) mass is 387 g/mol. The average molecular weight is 387 g/mol. The molecule has 0 aliphatic heterocycles. The predicted octanol–water partition coefficient (Wildman–Crippen LogP) is 2.31. The molecule has 0 spiro atoms. The van der Waals surface area contributed by atoms with Gasteiger partial charge in [0.15, 0.2) is 23.3 Å². The smallest absolute Gasteiger partial charge is 0.379 e. The van der Waals surface area contributed by atoms with Crippen LogP contribution in [0.25, 0.3) is 0 Å². The molecule has 1 N–H and O–H groups in total. The van der Waals surface area contributed by atoms with Crippen molar-refractivity contribution in [3.8, 4) is 0 Å². The van der Waals surface area contributed by atoms with E-state index in [0.717, 1.165) is 0 Å². The molecule has 5 nitrogen and oxygen atoms in total. The fourth-order valence-electron chi connectivity index (χ4n) is 1.95. The summed E-state index contributed by atoms with van der Waals surface area (Å²) in [5, 5.41) is 2.11. The van der Waals surface area contributed by atoms with Gasteiger partial charge in [-0.1, -0.05) is 0 Å². The first-order valence-corrected chi connectivity index (χ1v) is 8.66. The fraction of sp³-hybridized carbons (Fsp3) is 0.500. The molecule has 1 amide bonds. The van der Waals surface area contributed by atoms with Crippen molar-refractivity contribution in [3.63, 3.8) is 0 Å². The lowest BCUT2D eigenvalue weighted by atomic mass is 10.1. The van der Waals surface area contributed by atoms with Crippen molar-refractivity contribution in [2.24, 2.45) is 0 Å². The van der Waals surface area contributed by atoms with E-state index in [1.807, 2.05) is 0 Å². The van der Waals surface area contributed by atoms with Crippen LogP contribution in [0.1, 0.15) is 30.1 Å². The Morgan fingerprint density at radius 3 is 1.96 bits per heavy atom. The van der Waals surface area contributed by atoms with E-state index in [1.54, 1.807) is 6.92 Å². The fourth-order valence-corrected chi connectivity index (χ4v) is 2.88. The van der Waals surface area contributed by atoms with E-state index >= 15 is 0 Å². The van der Waals surface area contributed by atoms with Crippen LogP contribution in [0.3, 0.4) is 0 Å². The molecular weight excluding hydrogens is 369 g/mol. The van der Waals surface area contributed by atoms with Crippen LogP contribution in [0.5, 0.6) is 0 Å². The maximum Gasteiger partial charge on any atom is 0.483 e. The Hall–Kier alpha value is -1.56. The highest BCUT2D eigenvalue weighted by atomic mass is 28.3. The Kier molecular flexibility index (Phi) is 8.42. The topological polar surface area (TPSA) is 56.8 Å². The van der Waals surface area contributed by atoms with Gasteiger partial charge in [-0.25, -0.2) is 22.0 Å². The van der Waals surface area contributed by atoms with E-state index in [2.05, 4.69) is 5.32 Å². The standard InChI is InChI=1S/C14H18F5NO4Si/c1-7(24-25(22-2)23-3)5-4-6-20-14(21)8-9(15)11(17)13(19)12(18)10(8)16/h7,25H,4-6H2,1-3H3,(H,20,21). The minimum Gasteiger partial charge on any atom is -0.379 e. The first-order valence-electron chi connectivity index (χ1n) is 7.25. The Bertz CT molecular complexity index is 586. The first kappa shape index (κ1) is 21.5. The third-order valence-corrected chi connectivity index (χ3v) is 4.69. The minimum atomic E-state index is -2.31. The van der Waals surface area contributed by atoms with Crippen LogP contribution < -0.4 is 5.32 Å². The number of halogens is 5. The lowest BCUT2D eigenvalue weighted by molar-refractivity contribution is 0.0871. The summed E-state index contributed by atoms with van der Waals surface area (Å²) in [7, 11) is 0.678. The van der Waals surface area contributed by atoms with Gasteiger partial charge in [0.25, 0.3) is 5.91 Å². The van der Waals surface area contributed by atoms with Gasteiger partial charge in [0.05, 0.1) is 0 Å². The van der Waals surface area contributed by atoms with Crippen LogP contribution in [0.15, 0.2) is 0 Å². The van der Waals surface area contributed by atoms with Gasteiger partial charge in [0.2, 0.25) is 5.82 Å². The van der Waals surface area contributed by atoms with Crippen molar-refractivity contribution in [2.75, 3.05) is 20.8 Å². The second-order valence-corrected chi connectivity index (χ2v) is 6.84. The highest BCUT2D eigenvalue weighted by Gasteiger charge is 2.29. The van der Waals surface area contributed by atoms with Crippen LogP contribution in [-0.4, -0.2) is 42.3 Å². The Balaban J connectivity index is 2.59. The van der Waals surface area contributed by atoms with Crippen molar-refractivity contribution in [3.05, 3.63) is 34.6 Å². The number of carbonyl (C=O) groups is 1. The Morgan fingerprint density at radius 2 is 1.48 bits per heavy atom. The second-order valence-electron chi connectivity index (χ2n) is 5.05. The number of hydrogen-bond donors (Lipinski definition) is 1. The molecule has 1 aromatic rings. The van der Waals surface area contributed by atoms with Crippen molar-refractivity contribution < 1.29 is 40.0 Å². The van der Waals surface area contributed by atoms with Crippen LogP contribution in [0.2, 0.25) is 0 Å². The molecule has 0 saturated heterocycles. The van der Waals surface area contributed by atoms with Crippen LogP contribution >= 0.6 is 0 Å². The third kappa shape index (κ3) is 5.46.